The molecule has 1 aromatic carbocycles. The molecule has 1 atom stereocenters. The summed E-state index contributed by atoms with van der Waals surface area (Å²) in [6.45, 7) is 3.50. The summed E-state index contributed by atoms with van der Waals surface area (Å²) in [5.74, 6) is -0.385. The Morgan fingerprint density at radius 2 is 1.72 bits per heavy atom. The van der Waals surface area contributed by atoms with Crippen molar-refractivity contribution in [1.29, 1.82) is 0 Å². The largest absolute Gasteiger partial charge is 0.296 e. The summed E-state index contributed by atoms with van der Waals surface area (Å²) in [6.07, 6.45) is 5.55. The molecule has 0 N–H and O–H groups in total. The average Bonchev–Trinajstić information content (AvgIpc) is 2.39. The number of benzene rings is 1. The summed E-state index contributed by atoms with van der Waals surface area (Å²) in [4.78, 5) is 11.6. The molecule has 1 aromatic rings. The van der Waals surface area contributed by atoms with Crippen LogP contribution in [-0.4, -0.2) is 5.78 Å². The first kappa shape index (κ1) is 14.9. The zero-order valence-electron chi connectivity index (χ0n) is 11.4. The minimum Gasteiger partial charge on any atom is -0.296 e. The standard InChI is InChI=1S/C16H23FO/c1-3-4-5-6-10-13-16(17,14(2)18)15-11-8-7-9-12-15/h7-9,11-12H,3-6,10,13H2,1-2H3. The Morgan fingerprint density at radius 1 is 1.11 bits per heavy atom. The number of unbranched alkanes of at least 4 members (excludes halogenated alkanes) is 4. The first-order valence-electron chi connectivity index (χ1n) is 6.86. The summed E-state index contributed by atoms with van der Waals surface area (Å²) in [5, 5.41) is 0. The van der Waals surface area contributed by atoms with E-state index in [1.54, 1.807) is 24.3 Å². The molecule has 1 rings (SSSR count). The molecule has 0 aliphatic carbocycles. The Hall–Kier alpha value is -1.18. The van der Waals surface area contributed by atoms with E-state index >= 15 is 0 Å². The lowest BCUT2D eigenvalue weighted by molar-refractivity contribution is -0.129. The van der Waals surface area contributed by atoms with Gasteiger partial charge in [0, 0.05) is 0 Å². The Bertz CT molecular complexity index is 361. The van der Waals surface area contributed by atoms with Crippen LogP contribution in [0.5, 0.6) is 0 Å². The van der Waals surface area contributed by atoms with Crippen molar-refractivity contribution in [3.05, 3.63) is 35.9 Å². The van der Waals surface area contributed by atoms with Crippen LogP contribution >= 0.6 is 0 Å². The lowest BCUT2D eigenvalue weighted by Gasteiger charge is -2.23. The maximum atomic E-state index is 14.8. The van der Waals surface area contributed by atoms with Crippen LogP contribution in [0.15, 0.2) is 30.3 Å². The smallest absolute Gasteiger partial charge is 0.193 e. The van der Waals surface area contributed by atoms with Crippen LogP contribution in [0.4, 0.5) is 4.39 Å². The molecule has 2 heteroatoms. The molecule has 0 aliphatic heterocycles. The van der Waals surface area contributed by atoms with E-state index in [0.29, 0.717) is 12.0 Å². The lowest BCUT2D eigenvalue weighted by Crippen LogP contribution is -2.28. The molecule has 1 unspecified atom stereocenters. The van der Waals surface area contributed by atoms with E-state index < -0.39 is 5.67 Å². The zero-order chi connectivity index (χ0) is 13.4. The number of carbonyl (C=O) groups is 1. The van der Waals surface area contributed by atoms with Gasteiger partial charge >= 0.3 is 0 Å². The topological polar surface area (TPSA) is 17.1 Å². The molecule has 0 spiro atoms. The highest BCUT2D eigenvalue weighted by Crippen LogP contribution is 2.33. The van der Waals surface area contributed by atoms with Crippen molar-refractivity contribution in [2.75, 3.05) is 0 Å². The predicted molar refractivity (Wildman–Crippen MR) is 73.3 cm³/mol. The monoisotopic (exact) mass is 250 g/mol. The van der Waals surface area contributed by atoms with Crippen molar-refractivity contribution in [2.24, 2.45) is 0 Å². The van der Waals surface area contributed by atoms with E-state index in [2.05, 4.69) is 6.92 Å². The van der Waals surface area contributed by atoms with Crippen LogP contribution in [0.2, 0.25) is 0 Å². The number of Topliss-reactive ketones (excluding diaryl/α,β-unsaturated/α-hetero) is 1. The van der Waals surface area contributed by atoms with Gasteiger partial charge in [-0.25, -0.2) is 4.39 Å². The second kappa shape index (κ2) is 7.30. The lowest BCUT2D eigenvalue weighted by atomic mass is 9.87. The van der Waals surface area contributed by atoms with E-state index in [-0.39, 0.29) is 5.78 Å². The van der Waals surface area contributed by atoms with Crippen LogP contribution < -0.4 is 0 Å². The van der Waals surface area contributed by atoms with Gasteiger partial charge in [0.05, 0.1) is 0 Å². The first-order chi connectivity index (χ1) is 8.61. The van der Waals surface area contributed by atoms with Gasteiger partial charge in [-0.2, -0.15) is 0 Å². The van der Waals surface area contributed by atoms with E-state index in [1.165, 1.54) is 19.8 Å². The third-order valence-corrected chi connectivity index (χ3v) is 3.41. The van der Waals surface area contributed by atoms with Crippen molar-refractivity contribution < 1.29 is 9.18 Å². The number of alkyl halides is 1. The van der Waals surface area contributed by atoms with Crippen molar-refractivity contribution >= 4 is 5.78 Å². The highest BCUT2D eigenvalue weighted by atomic mass is 19.1. The third kappa shape index (κ3) is 3.94. The van der Waals surface area contributed by atoms with Gasteiger partial charge in [0.25, 0.3) is 0 Å². The highest BCUT2D eigenvalue weighted by molar-refractivity contribution is 5.86. The number of rotatable bonds is 8. The van der Waals surface area contributed by atoms with Crippen molar-refractivity contribution in [3.63, 3.8) is 0 Å². The second-order valence-electron chi connectivity index (χ2n) is 4.89. The van der Waals surface area contributed by atoms with Crippen molar-refractivity contribution in [2.45, 2.75) is 58.0 Å². The Kier molecular flexibility index (Phi) is 6.03. The summed E-state index contributed by atoms with van der Waals surface area (Å²) < 4.78 is 14.8. The van der Waals surface area contributed by atoms with E-state index in [1.807, 2.05) is 6.07 Å². The van der Waals surface area contributed by atoms with Gasteiger partial charge in [0.1, 0.15) is 0 Å². The molecule has 0 aliphatic rings. The van der Waals surface area contributed by atoms with E-state index in [4.69, 9.17) is 0 Å². The normalized spacial score (nSPS) is 14.2. The van der Waals surface area contributed by atoms with Crippen LogP contribution in [-0.2, 0) is 10.5 Å². The fraction of sp³-hybridized carbons (Fsp3) is 0.562. The molecular weight excluding hydrogens is 227 g/mol. The van der Waals surface area contributed by atoms with Crippen molar-refractivity contribution in [3.8, 4) is 0 Å². The maximum Gasteiger partial charge on any atom is 0.193 e. The third-order valence-electron chi connectivity index (χ3n) is 3.41. The second-order valence-corrected chi connectivity index (χ2v) is 4.89. The molecule has 18 heavy (non-hydrogen) atoms. The summed E-state index contributed by atoms with van der Waals surface area (Å²) in [5.41, 5.74) is -1.30. The average molecular weight is 250 g/mol. The SMILES string of the molecule is CCCCCCCC(F)(C(C)=O)c1ccccc1. The van der Waals surface area contributed by atoms with Gasteiger partial charge in [-0.3, -0.25) is 4.79 Å². The molecule has 100 valence electrons. The number of hydrogen-bond donors (Lipinski definition) is 0. The first-order valence-corrected chi connectivity index (χ1v) is 6.86. The maximum absolute atomic E-state index is 14.8. The summed E-state index contributed by atoms with van der Waals surface area (Å²) in [6, 6.07) is 8.81. The summed E-state index contributed by atoms with van der Waals surface area (Å²) in [7, 11) is 0. The Labute approximate surface area is 109 Å². The molecule has 1 nitrogen and oxygen atoms in total. The van der Waals surface area contributed by atoms with Crippen LogP contribution in [0.3, 0.4) is 0 Å². The molecule has 0 bridgehead atoms. The van der Waals surface area contributed by atoms with Gasteiger partial charge in [-0.15, -0.1) is 0 Å². The fourth-order valence-electron chi connectivity index (χ4n) is 2.20. The van der Waals surface area contributed by atoms with Crippen LogP contribution in [0.25, 0.3) is 0 Å². The number of hydrogen-bond acceptors (Lipinski definition) is 1. The molecule has 0 fully saturated rings. The summed E-state index contributed by atoms with van der Waals surface area (Å²) >= 11 is 0. The van der Waals surface area contributed by atoms with Gasteiger partial charge in [0.2, 0.25) is 0 Å². The van der Waals surface area contributed by atoms with Crippen LogP contribution in [0, 0.1) is 0 Å². The van der Waals surface area contributed by atoms with Gasteiger partial charge in [-0.05, 0) is 25.3 Å². The molecular formula is C16H23FO. The van der Waals surface area contributed by atoms with Crippen LogP contribution in [0.1, 0.15) is 57.9 Å². The van der Waals surface area contributed by atoms with Gasteiger partial charge < -0.3 is 0 Å². The Morgan fingerprint density at radius 3 is 2.28 bits per heavy atom. The molecule has 0 radical (unpaired) electrons. The molecule has 0 saturated carbocycles. The molecule has 0 aromatic heterocycles. The quantitative estimate of drug-likeness (QED) is 0.606. The minimum atomic E-state index is -1.80. The number of halogens is 1. The number of carbonyl (C=O) groups excluding carboxylic acids is 1. The molecule has 0 saturated heterocycles. The van der Waals surface area contributed by atoms with Gasteiger partial charge in [0.15, 0.2) is 11.5 Å². The minimum absolute atomic E-state index is 0.302. The number of ketones is 1. The Balaban J connectivity index is 2.62. The van der Waals surface area contributed by atoms with E-state index in [0.717, 1.165) is 19.3 Å². The fourth-order valence-corrected chi connectivity index (χ4v) is 2.20. The van der Waals surface area contributed by atoms with Crippen molar-refractivity contribution in [1.82, 2.24) is 0 Å². The molecule has 0 amide bonds. The van der Waals surface area contributed by atoms with Gasteiger partial charge in [-0.1, -0.05) is 62.9 Å². The van der Waals surface area contributed by atoms with E-state index in [9.17, 15) is 9.18 Å². The predicted octanol–water partition coefficient (Wildman–Crippen LogP) is 4.80. The molecule has 0 heterocycles. The highest BCUT2D eigenvalue weighted by Gasteiger charge is 2.36. The zero-order valence-corrected chi connectivity index (χ0v) is 11.4.